The first-order valence-electron chi connectivity index (χ1n) is 8.36. The molecule has 0 bridgehead atoms. The highest BCUT2D eigenvalue weighted by Crippen LogP contribution is 2.53. The Balaban J connectivity index is 1.50. The zero-order valence-electron chi connectivity index (χ0n) is 14.2. The molecule has 3 atom stereocenters. The van der Waals surface area contributed by atoms with Gasteiger partial charge in [0.15, 0.2) is 5.65 Å². The van der Waals surface area contributed by atoms with Crippen molar-refractivity contribution in [1.29, 1.82) is 0 Å². The van der Waals surface area contributed by atoms with Gasteiger partial charge in [-0.1, -0.05) is 23.4 Å². The molecule has 1 aliphatic heterocycles. The molecule has 2 fully saturated rings. The second-order valence-electron chi connectivity index (χ2n) is 6.73. The van der Waals surface area contributed by atoms with Crippen LogP contribution in [0.2, 0.25) is 5.02 Å². The van der Waals surface area contributed by atoms with Gasteiger partial charge in [0, 0.05) is 48.7 Å². The maximum Gasteiger partial charge on any atom is 0.211 e. The van der Waals surface area contributed by atoms with E-state index in [0.717, 1.165) is 21.4 Å². The van der Waals surface area contributed by atoms with Gasteiger partial charge in [0.25, 0.3) is 0 Å². The summed E-state index contributed by atoms with van der Waals surface area (Å²) >= 11 is 7.71. The van der Waals surface area contributed by atoms with Gasteiger partial charge in [-0.25, -0.2) is 15.0 Å². The third kappa shape index (κ3) is 2.35. The molecule has 10 heteroatoms. The summed E-state index contributed by atoms with van der Waals surface area (Å²) in [6.07, 6.45) is 6.61. The number of fused-ring (bicyclic) bond motifs is 2. The van der Waals surface area contributed by atoms with E-state index < -0.39 is 11.6 Å². The number of pyridine rings is 1. The van der Waals surface area contributed by atoms with Crippen LogP contribution in [0.15, 0.2) is 45.6 Å². The number of aliphatic imine (C=N–C) groups is 1. The van der Waals surface area contributed by atoms with E-state index in [4.69, 9.17) is 17.3 Å². The molecule has 3 aromatic rings. The molecule has 3 N–H and O–H groups in total. The van der Waals surface area contributed by atoms with Gasteiger partial charge in [-0.05, 0) is 12.8 Å². The second kappa shape index (κ2) is 5.82. The van der Waals surface area contributed by atoms with Crippen LogP contribution >= 0.6 is 23.4 Å². The topological polar surface area (TPSA) is 105 Å². The summed E-state index contributed by atoms with van der Waals surface area (Å²) in [5, 5.41) is 10.5. The van der Waals surface area contributed by atoms with Crippen LogP contribution in [0.1, 0.15) is 0 Å². The van der Waals surface area contributed by atoms with Crippen molar-refractivity contribution in [3.8, 4) is 0 Å². The third-order valence-electron chi connectivity index (χ3n) is 5.34. The molecule has 2 aliphatic rings. The van der Waals surface area contributed by atoms with E-state index in [1.807, 2.05) is 16.7 Å². The van der Waals surface area contributed by atoms with Crippen LogP contribution in [0.25, 0.3) is 5.65 Å². The summed E-state index contributed by atoms with van der Waals surface area (Å²) in [4.78, 5) is 21.1. The SMILES string of the molecule is C=N[C@]12CN(c3ncc(Sc4ccnc(N)c4Cl)c4nccn34)C[C@H]1[C@@H]2O. The minimum absolute atomic E-state index is 0.114. The first-order chi connectivity index (χ1) is 13.0. The van der Waals surface area contributed by atoms with Gasteiger partial charge < -0.3 is 15.7 Å². The van der Waals surface area contributed by atoms with Gasteiger partial charge in [-0.3, -0.25) is 9.39 Å². The molecule has 4 heterocycles. The normalized spacial score (nSPS) is 26.4. The van der Waals surface area contributed by atoms with Crippen molar-refractivity contribution < 1.29 is 5.11 Å². The van der Waals surface area contributed by atoms with E-state index in [1.165, 1.54) is 11.8 Å². The lowest BCUT2D eigenvalue weighted by molar-refractivity contribution is 0.234. The Kier molecular flexibility index (Phi) is 3.62. The summed E-state index contributed by atoms with van der Waals surface area (Å²) in [7, 11) is 0. The fourth-order valence-corrected chi connectivity index (χ4v) is 4.93. The van der Waals surface area contributed by atoms with E-state index in [1.54, 1.807) is 18.6 Å². The van der Waals surface area contributed by atoms with Crippen molar-refractivity contribution >= 4 is 47.5 Å². The molecule has 0 radical (unpaired) electrons. The molecular weight excluding hydrogens is 386 g/mol. The standard InChI is InChI=1S/C17H16ClN7OS/c1-20-17-8-24(7-9(17)13(17)26)16-23-6-11(15-22-4-5-25(15)16)27-10-2-3-21-14(19)12(10)18/h2-6,9,13,26H,1,7-8H2,(H2,19,21)/t9-,13-,17+/m0/s1. The zero-order valence-corrected chi connectivity index (χ0v) is 15.7. The fraction of sp³-hybridized carbons (Fsp3) is 0.294. The molecular formula is C17H16ClN7OS. The quantitative estimate of drug-likeness (QED) is 0.641. The molecule has 0 unspecified atom stereocenters. The Labute approximate surface area is 164 Å². The van der Waals surface area contributed by atoms with Crippen LogP contribution in [0.3, 0.4) is 0 Å². The highest BCUT2D eigenvalue weighted by Gasteiger charge is 2.69. The number of piperidine rings is 1. The van der Waals surface area contributed by atoms with Crippen LogP contribution in [0.4, 0.5) is 11.8 Å². The Hall–Kier alpha value is -2.36. The molecule has 1 saturated heterocycles. The summed E-state index contributed by atoms with van der Waals surface area (Å²) in [6, 6.07) is 1.81. The molecule has 1 aliphatic carbocycles. The number of nitrogens with zero attached hydrogens (tertiary/aromatic N) is 6. The van der Waals surface area contributed by atoms with Gasteiger partial charge >= 0.3 is 0 Å². The predicted octanol–water partition coefficient (Wildman–Crippen LogP) is 1.76. The van der Waals surface area contributed by atoms with E-state index in [9.17, 15) is 5.11 Å². The minimum Gasteiger partial charge on any atom is -0.390 e. The fourth-order valence-electron chi connectivity index (χ4n) is 3.80. The monoisotopic (exact) mass is 401 g/mol. The highest BCUT2D eigenvalue weighted by atomic mass is 35.5. The molecule has 0 spiro atoms. The number of hydrogen-bond donors (Lipinski definition) is 2. The number of aliphatic hydroxyl groups is 1. The number of aromatic nitrogens is 4. The Morgan fingerprint density at radius 1 is 1.33 bits per heavy atom. The van der Waals surface area contributed by atoms with Crippen molar-refractivity contribution in [3.63, 3.8) is 0 Å². The number of anilines is 2. The molecule has 0 amide bonds. The van der Waals surface area contributed by atoms with Crippen molar-refractivity contribution in [2.75, 3.05) is 23.7 Å². The molecule has 0 aromatic carbocycles. The van der Waals surface area contributed by atoms with E-state index in [2.05, 4.69) is 31.6 Å². The number of nitrogen functional groups attached to an aromatic ring is 1. The second-order valence-corrected chi connectivity index (χ2v) is 8.20. The molecule has 5 rings (SSSR count). The molecule has 1 saturated carbocycles. The van der Waals surface area contributed by atoms with Gasteiger partial charge in [0.05, 0.1) is 16.0 Å². The van der Waals surface area contributed by atoms with Crippen LogP contribution < -0.4 is 10.6 Å². The molecule has 138 valence electrons. The first kappa shape index (κ1) is 16.8. The number of nitrogens with two attached hydrogens (primary N) is 1. The molecule has 8 nitrogen and oxygen atoms in total. The predicted molar refractivity (Wildman–Crippen MR) is 105 cm³/mol. The molecule has 27 heavy (non-hydrogen) atoms. The zero-order chi connectivity index (χ0) is 18.8. The number of hydrogen-bond acceptors (Lipinski definition) is 8. The summed E-state index contributed by atoms with van der Waals surface area (Å²) in [5.74, 6) is 1.18. The van der Waals surface area contributed by atoms with Gasteiger partial charge in [0.2, 0.25) is 5.95 Å². The average Bonchev–Trinajstić information content (AvgIpc) is 3.09. The lowest BCUT2D eigenvalue weighted by Gasteiger charge is -2.22. The lowest BCUT2D eigenvalue weighted by Crippen LogP contribution is -2.32. The summed E-state index contributed by atoms with van der Waals surface area (Å²) < 4.78 is 1.94. The van der Waals surface area contributed by atoms with E-state index in [0.29, 0.717) is 23.9 Å². The largest absolute Gasteiger partial charge is 0.390 e. The number of halogens is 1. The Morgan fingerprint density at radius 3 is 2.96 bits per heavy atom. The Bertz CT molecular complexity index is 1070. The Morgan fingerprint density at radius 2 is 2.19 bits per heavy atom. The van der Waals surface area contributed by atoms with Crippen molar-refractivity contribution in [2.24, 2.45) is 10.9 Å². The first-order valence-corrected chi connectivity index (χ1v) is 9.55. The van der Waals surface area contributed by atoms with Gasteiger partial charge in [-0.2, -0.15) is 0 Å². The van der Waals surface area contributed by atoms with Crippen LogP contribution in [-0.4, -0.2) is 55.9 Å². The number of rotatable bonds is 4. The minimum atomic E-state index is -0.454. The maximum atomic E-state index is 10.1. The van der Waals surface area contributed by atoms with Crippen molar-refractivity contribution in [3.05, 3.63) is 35.9 Å². The number of aliphatic hydroxyl groups excluding tert-OH is 1. The van der Waals surface area contributed by atoms with Gasteiger partial charge in [0.1, 0.15) is 11.4 Å². The van der Waals surface area contributed by atoms with Crippen molar-refractivity contribution in [2.45, 2.75) is 21.4 Å². The van der Waals surface area contributed by atoms with E-state index in [-0.39, 0.29) is 5.92 Å². The smallest absolute Gasteiger partial charge is 0.211 e. The van der Waals surface area contributed by atoms with Crippen LogP contribution in [0.5, 0.6) is 0 Å². The summed E-state index contributed by atoms with van der Waals surface area (Å²) in [5.41, 5.74) is 6.12. The molecule has 3 aromatic heterocycles. The van der Waals surface area contributed by atoms with Gasteiger partial charge in [-0.15, -0.1) is 0 Å². The summed E-state index contributed by atoms with van der Waals surface area (Å²) in [6.45, 7) is 4.95. The van der Waals surface area contributed by atoms with Crippen LogP contribution in [0, 0.1) is 5.92 Å². The maximum absolute atomic E-state index is 10.1. The van der Waals surface area contributed by atoms with E-state index >= 15 is 0 Å². The number of imidazole rings is 1. The highest BCUT2D eigenvalue weighted by molar-refractivity contribution is 7.99. The van der Waals surface area contributed by atoms with Crippen molar-refractivity contribution in [1.82, 2.24) is 19.4 Å². The third-order valence-corrected chi connectivity index (χ3v) is 6.92. The lowest BCUT2D eigenvalue weighted by atomic mass is 10.3. The van der Waals surface area contributed by atoms with Crippen LogP contribution in [-0.2, 0) is 0 Å². The average molecular weight is 402 g/mol.